The summed E-state index contributed by atoms with van der Waals surface area (Å²) in [5, 5.41) is 10.2. The average molecular weight is 405 g/mol. The summed E-state index contributed by atoms with van der Waals surface area (Å²) < 4.78 is 6.67. The zero-order valence-electron chi connectivity index (χ0n) is 16.2. The molecule has 30 heavy (non-hydrogen) atoms. The molecule has 4 rings (SSSR count). The van der Waals surface area contributed by atoms with Crippen LogP contribution in [-0.4, -0.2) is 38.0 Å². The first-order valence-electron chi connectivity index (χ1n) is 9.38. The number of fused-ring (bicyclic) bond motifs is 2. The minimum Gasteiger partial charge on any atom is -0.459 e. The molecule has 0 aliphatic rings. The fraction of sp³-hybridized carbons (Fsp3) is 0.190. The predicted molar refractivity (Wildman–Crippen MR) is 109 cm³/mol. The quantitative estimate of drug-likeness (QED) is 0.472. The molecular formula is C21H19N5O4. The number of aromatic nitrogens is 4. The molecule has 9 nitrogen and oxygen atoms in total. The highest BCUT2D eigenvalue weighted by atomic mass is 16.5. The molecule has 0 unspecified atom stereocenters. The maximum Gasteiger partial charge on any atom is 0.307 e. The van der Waals surface area contributed by atoms with Crippen LogP contribution in [0.5, 0.6) is 0 Å². The Morgan fingerprint density at radius 3 is 2.87 bits per heavy atom. The highest BCUT2D eigenvalue weighted by Crippen LogP contribution is 2.14. The number of H-pyrrole nitrogens is 1. The number of esters is 1. The largest absolute Gasteiger partial charge is 0.459 e. The minimum absolute atomic E-state index is 0.0141. The molecule has 1 amide bonds. The number of nitrogens with zero attached hydrogens (tertiary/aromatic N) is 3. The molecule has 2 N–H and O–H groups in total. The number of aryl methyl sites for hydroxylation is 1. The topological polar surface area (TPSA) is 118 Å². The Hall–Kier alpha value is -4.01. The van der Waals surface area contributed by atoms with Crippen LogP contribution in [0.4, 0.5) is 0 Å². The van der Waals surface area contributed by atoms with Gasteiger partial charge in [-0.3, -0.25) is 23.9 Å². The Kier molecular flexibility index (Phi) is 5.25. The van der Waals surface area contributed by atoms with Crippen molar-refractivity contribution >= 4 is 28.4 Å². The van der Waals surface area contributed by atoms with Crippen LogP contribution in [0.2, 0.25) is 0 Å². The van der Waals surface area contributed by atoms with E-state index in [-0.39, 0.29) is 36.7 Å². The molecule has 0 bridgehead atoms. The molecule has 0 aliphatic heterocycles. The van der Waals surface area contributed by atoms with Crippen molar-refractivity contribution in [3.63, 3.8) is 0 Å². The Morgan fingerprint density at radius 1 is 1.17 bits per heavy atom. The highest BCUT2D eigenvalue weighted by molar-refractivity contribution is 6.04. The van der Waals surface area contributed by atoms with E-state index in [9.17, 15) is 14.4 Å². The number of pyridine rings is 1. The van der Waals surface area contributed by atoms with Crippen molar-refractivity contribution in [2.24, 2.45) is 0 Å². The second-order valence-electron chi connectivity index (χ2n) is 6.73. The van der Waals surface area contributed by atoms with Gasteiger partial charge >= 0.3 is 5.97 Å². The van der Waals surface area contributed by atoms with E-state index in [1.807, 2.05) is 31.2 Å². The highest BCUT2D eigenvalue weighted by Gasteiger charge is 2.14. The number of aromatic amines is 1. The molecule has 0 fully saturated rings. The fourth-order valence-corrected chi connectivity index (χ4v) is 3.16. The van der Waals surface area contributed by atoms with Crippen LogP contribution in [0.3, 0.4) is 0 Å². The van der Waals surface area contributed by atoms with Gasteiger partial charge in [0.2, 0.25) is 0 Å². The lowest BCUT2D eigenvalue weighted by molar-refractivity contribution is -0.144. The van der Waals surface area contributed by atoms with E-state index in [1.54, 1.807) is 18.2 Å². The average Bonchev–Trinajstić information content (AvgIpc) is 3.16. The second-order valence-corrected chi connectivity index (χ2v) is 6.73. The van der Waals surface area contributed by atoms with Crippen LogP contribution in [0.1, 0.15) is 28.3 Å². The number of hydrogen-bond acceptors (Lipinski definition) is 6. The SMILES string of the molecule is Cc1cccc2nc(COC(=O)CCNC(=O)c3n[nH]c4ccccc34)cc(=O)n12. The van der Waals surface area contributed by atoms with Crippen LogP contribution in [0, 0.1) is 6.92 Å². The van der Waals surface area contributed by atoms with Crippen LogP contribution >= 0.6 is 0 Å². The Balaban J connectivity index is 1.31. The van der Waals surface area contributed by atoms with Gasteiger partial charge in [-0.05, 0) is 25.1 Å². The monoisotopic (exact) mass is 405 g/mol. The number of benzene rings is 1. The van der Waals surface area contributed by atoms with Crippen molar-refractivity contribution in [1.82, 2.24) is 24.9 Å². The van der Waals surface area contributed by atoms with Gasteiger partial charge in [-0.15, -0.1) is 0 Å². The number of carbonyl (C=O) groups excluding carboxylic acids is 2. The third kappa shape index (κ3) is 3.90. The number of ether oxygens (including phenoxy) is 1. The van der Waals surface area contributed by atoms with Gasteiger partial charge in [-0.1, -0.05) is 24.3 Å². The van der Waals surface area contributed by atoms with Crippen LogP contribution in [-0.2, 0) is 16.1 Å². The van der Waals surface area contributed by atoms with Crippen LogP contribution in [0.25, 0.3) is 16.6 Å². The normalized spacial score (nSPS) is 11.0. The van der Waals surface area contributed by atoms with Gasteiger partial charge < -0.3 is 10.1 Å². The predicted octanol–water partition coefficient (Wildman–Crippen LogP) is 1.74. The van der Waals surface area contributed by atoms with E-state index in [2.05, 4.69) is 20.5 Å². The second kappa shape index (κ2) is 8.16. The smallest absolute Gasteiger partial charge is 0.307 e. The van der Waals surface area contributed by atoms with Gasteiger partial charge in [-0.25, -0.2) is 4.98 Å². The van der Waals surface area contributed by atoms with E-state index < -0.39 is 5.97 Å². The van der Waals surface area contributed by atoms with E-state index in [0.717, 1.165) is 11.2 Å². The van der Waals surface area contributed by atoms with Crippen molar-refractivity contribution in [1.29, 1.82) is 0 Å². The summed E-state index contributed by atoms with van der Waals surface area (Å²) in [4.78, 5) is 40.9. The van der Waals surface area contributed by atoms with Gasteiger partial charge in [-0.2, -0.15) is 5.10 Å². The lowest BCUT2D eigenvalue weighted by Gasteiger charge is -2.08. The van der Waals surface area contributed by atoms with Gasteiger partial charge in [0.15, 0.2) is 5.69 Å². The Morgan fingerprint density at radius 2 is 2.00 bits per heavy atom. The van der Waals surface area contributed by atoms with E-state index in [1.165, 1.54) is 10.5 Å². The first-order chi connectivity index (χ1) is 14.5. The first kappa shape index (κ1) is 19.3. The van der Waals surface area contributed by atoms with Crippen molar-refractivity contribution in [3.8, 4) is 0 Å². The number of amides is 1. The first-order valence-corrected chi connectivity index (χ1v) is 9.38. The third-order valence-corrected chi connectivity index (χ3v) is 4.61. The molecule has 0 saturated carbocycles. The number of hydrogen-bond donors (Lipinski definition) is 2. The van der Waals surface area contributed by atoms with Crippen molar-refractivity contribution < 1.29 is 14.3 Å². The van der Waals surface area contributed by atoms with Crippen molar-refractivity contribution in [3.05, 3.63) is 76.0 Å². The molecule has 0 atom stereocenters. The van der Waals surface area contributed by atoms with E-state index in [4.69, 9.17) is 4.74 Å². The zero-order chi connectivity index (χ0) is 21.1. The summed E-state index contributed by atoms with van der Waals surface area (Å²) in [5.74, 6) is -0.881. The lowest BCUT2D eigenvalue weighted by atomic mass is 10.2. The molecule has 0 radical (unpaired) electrons. The third-order valence-electron chi connectivity index (χ3n) is 4.61. The summed E-state index contributed by atoms with van der Waals surface area (Å²) in [6.45, 7) is 1.80. The minimum atomic E-state index is -0.506. The number of nitrogens with one attached hydrogen (secondary N) is 2. The van der Waals surface area contributed by atoms with Gasteiger partial charge in [0, 0.05) is 23.7 Å². The van der Waals surface area contributed by atoms with Crippen LogP contribution < -0.4 is 10.9 Å². The number of rotatable bonds is 6. The number of para-hydroxylation sites is 1. The van der Waals surface area contributed by atoms with Gasteiger partial charge in [0.1, 0.15) is 12.3 Å². The Labute approximate surface area is 170 Å². The van der Waals surface area contributed by atoms with Gasteiger partial charge in [0.05, 0.1) is 17.6 Å². The molecule has 0 spiro atoms. The molecule has 1 aromatic carbocycles. The maximum absolute atomic E-state index is 12.3. The molecule has 0 saturated heterocycles. The van der Waals surface area contributed by atoms with E-state index in [0.29, 0.717) is 16.7 Å². The van der Waals surface area contributed by atoms with Crippen LogP contribution in [0.15, 0.2) is 53.3 Å². The molecule has 0 aliphatic carbocycles. The zero-order valence-corrected chi connectivity index (χ0v) is 16.2. The molecule has 4 aromatic rings. The molecule has 3 heterocycles. The summed E-state index contributed by atoms with van der Waals surface area (Å²) in [5.41, 5.74) is 2.43. The Bertz CT molecular complexity index is 1310. The molecular weight excluding hydrogens is 386 g/mol. The van der Waals surface area contributed by atoms with Gasteiger partial charge in [0.25, 0.3) is 11.5 Å². The lowest BCUT2D eigenvalue weighted by Crippen LogP contribution is -2.27. The van der Waals surface area contributed by atoms with E-state index >= 15 is 0 Å². The summed E-state index contributed by atoms with van der Waals surface area (Å²) >= 11 is 0. The van der Waals surface area contributed by atoms with Crippen molar-refractivity contribution in [2.75, 3.05) is 6.54 Å². The summed E-state index contributed by atoms with van der Waals surface area (Å²) in [6.07, 6.45) is -0.0141. The number of carbonyl (C=O) groups is 2. The molecule has 3 aromatic heterocycles. The maximum atomic E-state index is 12.3. The van der Waals surface area contributed by atoms with Crippen molar-refractivity contribution in [2.45, 2.75) is 20.0 Å². The summed E-state index contributed by atoms with van der Waals surface area (Å²) in [7, 11) is 0. The molecule has 152 valence electrons. The fourth-order valence-electron chi connectivity index (χ4n) is 3.16. The standard InChI is InChI=1S/C21H19N5O4/c1-13-5-4-8-17-23-14(11-18(27)26(13)17)12-30-19(28)9-10-22-21(29)20-15-6-2-3-7-16(15)24-25-20/h2-8,11H,9-10,12H2,1H3,(H,22,29)(H,24,25). The molecule has 9 heteroatoms. The summed E-state index contributed by atoms with van der Waals surface area (Å²) in [6, 6.07) is 14.0.